The topological polar surface area (TPSA) is 31.2 Å². The Morgan fingerprint density at radius 1 is 1.47 bits per heavy atom. The highest BCUT2D eigenvalue weighted by molar-refractivity contribution is 7.99. The fourth-order valence-electron chi connectivity index (χ4n) is 1.69. The van der Waals surface area contributed by atoms with Crippen LogP contribution < -0.4 is 0 Å². The summed E-state index contributed by atoms with van der Waals surface area (Å²) < 4.78 is 7.03. The molecule has 0 aliphatic heterocycles. The maximum atomic E-state index is 12.0. The second kappa shape index (κ2) is 6.87. The first-order valence-electron chi connectivity index (χ1n) is 5.80. The Kier molecular flexibility index (Phi) is 5.78. The van der Waals surface area contributed by atoms with E-state index >= 15 is 0 Å². The number of hydrogen-bond acceptors (Lipinski definition) is 3. The average molecular weight is 255 g/mol. The molecule has 1 rings (SSSR count). The van der Waals surface area contributed by atoms with E-state index in [2.05, 4.69) is 4.57 Å². The van der Waals surface area contributed by atoms with E-state index in [1.54, 1.807) is 18.9 Å². The molecule has 0 spiro atoms. The quantitative estimate of drug-likeness (QED) is 0.554. The van der Waals surface area contributed by atoms with Gasteiger partial charge in [0, 0.05) is 37.7 Å². The van der Waals surface area contributed by atoms with Crippen molar-refractivity contribution < 1.29 is 9.53 Å². The number of ether oxygens (including phenoxy) is 1. The number of hydrogen-bond donors (Lipinski definition) is 0. The van der Waals surface area contributed by atoms with E-state index in [0.29, 0.717) is 5.75 Å². The van der Waals surface area contributed by atoms with E-state index in [0.717, 1.165) is 35.7 Å². The predicted molar refractivity (Wildman–Crippen MR) is 73.0 cm³/mol. The highest BCUT2D eigenvalue weighted by Gasteiger charge is 2.13. The molecule has 96 valence electrons. The molecule has 0 bridgehead atoms. The molecule has 0 aliphatic rings. The first-order valence-corrected chi connectivity index (χ1v) is 6.96. The maximum Gasteiger partial charge on any atom is 0.174 e. The molecule has 1 aromatic heterocycles. The molecule has 0 unspecified atom stereocenters. The lowest BCUT2D eigenvalue weighted by atomic mass is 10.2. The van der Waals surface area contributed by atoms with E-state index in [-0.39, 0.29) is 5.78 Å². The van der Waals surface area contributed by atoms with Crippen LogP contribution in [0.3, 0.4) is 0 Å². The molecule has 0 atom stereocenters. The molecule has 0 fully saturated rings. The number of thioether (sulfide) groups is 1. The van der Waals surface area contributed by atoms with Crippen LogP contribution in [0.2, 0.25) is 0 Å². The second-order valence-electron chi connectivity index (χ2n) is 4.17. The summed E-state index contributed by atoms with van der Waals surface area (Å²) in [7, 11) is 3.69. The van der Waals surface area contributed by atoms with E-state index in [9.17, 15) is 4.79 Å². The van der Waals surface area contributed by atoms with Gasteiger partial charge in [0.15, 0.2) is 5.78 Å². The van der Waals surface area contributed by atoms with Crippen LogP contribution in [-0.2, 0) is 11.8 Å². The zero-order valence-corrected chi connectivity index (χ0v) is 11.9. The monoisotopic (exact) mass is 255 g/mol. The van der Waals surface area contributed by atoms with Crippen LogP contribution in [0, 0.1) is 13.8 Å². The van der Waals surface area contributed by atoms with E-state index < -0.39 is 0 Å². The lowest BCUT2D eigenvalue weighted by Crippen LogP contribution is -2.05. The third-order valence-electron chi connectivity index (χ3n) is 2.95. The van der Waals surface area contributed by atoms with Gasteiger partial charge in [-0.05, 0) is 32.1 Å². The van der Waals surface area contributed by atoms with Gasteiger partial charge >= 0.3 is 0 Å². The Morgan fingerprint density at radius 3 is 2.71 bits per heavy atom. The summed E-state index contributed by atoms with van der Waals surface area (Å²) >= 11 is 1.68. The maximum absolute atomic E-state index is 12.0. The van der Waals surface area contributed by atoms with E-state index in [4.69, 9.17) is 4.74 Å². The van der Waals surface area contributed by atoms with Crippen LogP contribution in [-0.4, -0.2) is 35.6 Å². The fourth-order valence-corrected chi connectivity index (χ4v) is 2.49. The summed E-state index contributed by atoms with van der Waals surface area (Å²) in [5.74, 6) is 1.77. The number of aromatic nitrogens is 1. The van der Waals surface area contributed by atoms with E-state index in [1.165, 1.54) is 0 Å². The average Bonchev–Trinajstić information content (AvgIpc) is 2.56. The van der Waals surface area contributed by atoms with Crippen molar-refractivity contribution in [2.24, 2.45) is 7.05 Å². The molecule has 1 aromatic rings. The Balaban J connectivity index is 2.44. The third kappa shape index (κ3) is 3.89. The minimum Gasteiger partial charge on any atom is -0.385 e. The molecular weight excluding hydrogens is 234 g/mol. The summed E-state index contributed by atoms with van der Waals surface area (Å²) in [6.07, 6.45) is 1.00. The van der Waals surface area contributed by atoms with Crippen molar-refractivity contribution in [3.8, 4) is 0 Å². The molecular formula is C13H21NO2S. The highest BCUT2D eigenvalue weighted by atomic mass is 32.2. The minimum absolute atomic E-state index is 0.230. The molecule has 3 nitrogen and oxygen atoms in total. The molecule has 0 aromatic carbocycles. The summed E-state index contributed by atoms with van der Waals surface area (Å²) in [4.78, 5) is 12.0. The number of aryl methyl sites for hydroxylation is 1. The van der Waals surface area contributed by atoms with Gasteiger partial charge in [0.1, 0.15) is 0 Å². The summed E-state index contributed by atoms with van der Waals surface area (Å²) in [5, 5.41) is 0. The number of rotatable bonds is 7. The van der Waals surface area contributed by atoms with Gasteiger partial charge < -0.3 is 9.30 Å². The van der Waals surface area contributed by atoms with Gasteiger partial charge in [-0.25, -0.2) is 0 Å². The molecule has 0 aliphatic carbocycles. The van der Waals surface area contributed by atoms with Crippen molar-refractivity contribution in [1.29, 1.82) is 0 Å². The third-order valence-corrected chi connectivity index (χ3v) is 3.99. The van der Waals surface area contributed by atoms with Gasteiger partial charge in [0.25, 0.3) is 0 Å². The normalized spacial score (nSPS) is 10.8. The molecule has 4 heteroatoms. The van der Waals surface area contributed by atoms with Gasteiger partial charge in [-0.15, -0.1) is 0 Å². The zero-order chi connectivity index (χ0) is 12.8. The van der Waals surface area contributed by atoms with Crippen LogP contribution in [0.25, 0.3) is 0 Å². The summed E-state index contributed by atoms with van der Waals surface area (Å²) in [6, 6.07) is 1.98. The SMILES string of the molecule is COCCCSCC(=O)c1cc(C)n(C)c1C. The first kappa shape index (κ1) is 14.3. The van der Waals surface area contributed by atoms with Gasteiger partial charge in [-0.3, -0.25) is 4.79 Å². The minimum atomic E-state index is 0.230. The molecule has 0 N–H and O–H groups in total. The second-order valence-corrected chi connectivity index (χ2v) is 5.27. The van der Waals surface area contributed by atoms with Crippen LogP contribution in [0.5, 0.6) is 0 Å². The Bertz CT molecular complexity index is 385. The molecule has 0 saturated carbocycles. The lowest BCUT2D eigenvalue weighted by Gasteiger charge is -2.02. The Hall–Kier alpha value is -0.740. The standard InChI is InChI=1S/C13H21NO2S/c1-10-8-12(11(2)14(10)3)13(15)9-17-7-5-6-16-4/h8H,5-7,9H2,1-4H3. The van der Waals surface area contributed by atoms with Crippen LogP contribution in [0.15, 0.2) is 6.07 Å². The largest absolute Gasteiger partial charge is 0.385 e. The molecule has 1 heterocycles. The van der Waals surface area contributed by atoms with Gasteiger partial charge in [-0.1, -0.05) is 0 Å². The first-order chi connectivity index (χ1) is 8.07. The fraction of sp³-hybridized carbons (Fsp3) is 0.615. The highest BCUT2D eigenvalue weighted by Crippen LogP contribution is 2.16. The van der Waals surface area contributed by atoms with Crippen molar-refractivity contribution in [3.05, 3.63) is 23.0 Å². The van der Waals surface area contributed by atoms with Gasteiger partial charge in [0.2, 0.25) is 0 Å². The Morgan fingerprint density at radius 2 is 2.18 bits per heavy atom. The number of carbonyl (C=O) groups excluding carboxylic acids is 1. The number of ketones is 1. The van der Waals surface area contributed by atoms with Gasteiger partial charge in [-0.2, -0.15) is 11.8 Å². The van der Waals surface area contributed by atoms with E-state index in [1.807, 2.05) is 27.0 Å². The smallest absolute Gasteiger partial charge is 0.174 e. The zero-order valence-electron chi connectivity index (χ0n) is 11.1. The van der Waals surface area contributed by atoms with Crippen molar-refractivity contribution in [2.75, 3.05) is 25.2 Å². The van der Waals surface area contributed by atoms with Crippen molar-refractivity contribution >= 4 is 17.5 Å². The number of methoxy groups -OCH3 is 1. The summed E-state index contributed by atoms with van der Waals surface area (Å²) in [5.41, 5.74) is 3.06. The summed E-state index contributed by atoms with van der Waals surface area (Å²) in [6.45, 7) is 4.79. The molecule has 0 saturated heterocycles. The Labute approximate surface area is 108 Å². The number of carbonyl (C=O) groups is 1. The number of Topliss-reactive ketones (excluding diaryl/α,β-unsaturated/α-hetero) is 1. The molecule has 17 heavy (non-hydrogen) atoms. The number of nitrogens with zero attached hydrogens (tertiary/aromatic N) is 1. The van der Waals surface area contributed by atoms with Crippen molar-refractivity contribution in [2.45, 2.75) is 20.3 Å². The molecule has 0 radical (unpaired) electrons. The van der Waals surface area contributed by atoms with Crippen molar-refractivity contribution in [1.82, 2.24) is 4.57 Å². The lowest BCUT2D eigenvalue weighted by molar-refractivity contribution is 0.102. The molecule has 0 amide bonds. The van der Waals surface area contributed by atoms with Crippen LogP contribution in [0.1, 0.15) is 28.2 Å². The van der Waals surface area contributed by atoms with Crippen LogP contribution in [0.4, 0.5) is 0 Å². The predicted octanol–water partition coefficient (Wildman–Crippen LogP) is 2.59. The van der Waals surface area contributed by atoms with Crippen LogP contribution >= 0.6 is 11.8 Å². The van der Waals surface area contributed by atoms with Gasteiger partial charge in [0.05, 0.1) is 5.75 Å². The van der Waals surface area contributed by atoms with Crippen molar-refractivity contribution in [3.63, 3.8) is 0 Å².